The van der Waals surface area contributed by atoms with Crippen molar-refractivity contribution in [3.05, 3.63) is 0 Å². The largest absolute Gasteiger partial charge is 0.390 e. The summed E-state index contributed by atoms with van der Waals surface area (Å²) < 4.78 is 0. The van der Waals surface area contributed by atoms with Crippen molar-refractivity contribution in [2.45, 2.75) is 47.1 Å². The molecule has 0 saturated heterocycles. The van der Waals surface area contributed by atoms with Crippen molar-refractivity contribution < 1.29 is 26.2 Å². The Balaban J connectivity index is 0. The number of aliphatic hydroxyl groups is 1. The Morgan fingerprint density at radius 3 is 1.42 bits per heavy atom. The van der Waals surface area contributed by atoms with Gasteiger partial charge in [-0.3, -0.25) is 0 Å². The van der Waals surface area contributed by atoms with E-state index < -0.39 is 5.60 Å². The topological polar surface area (TPSA) is 20.2 Å². The van der Waals surface area contributed by atoms with Gasteiger partial charge in [-0.2, -0.15) is 0 Å². The molecule has 0 aromatic heterocycles. The Hall–Kier alpha value is 0.648. The predicted octanol–water partition coefficient (Wildman–Crippen LogP) is 2.68. The summed E-state index contributed by atoms with van der Waals surface area (Å²) in [6.45, 7) is 12.5. The Bertz CT molecular complexity index is 119. The molecule has 0 aliphatic rings. The van der Waals surface area contributed by atoms with Gasteiger partial charge in [0.05, 0.1) is 5.60 Å². The summed E-state index contributed by atoms with van der Waals surface area (Å²) in [7, 11) is 0. The molecular formula is C10H22OW. The summed E-state index contributed by atoms with van der Waals surface area (Å²) in [4.78, 5) is 0. The van der Waals surface area contributed by atoms with Crippen molar-refractivity contribution in [3.63, 3.8) is 0 Å². The maximum absolute atomic E-state index is 10.0. The maximum Gasteiger partial charge on any atom is 0.0670 e. The van der Waals surface area contributed by atoms with Crippen LogP contribution in [0.1, 0.15) is 41.5 Å². The molecule has 0 unspecified atom stereocenters. The Morgan fingerprint density at radius 2 is 1.33 bits per heavy atom. The van der Waals surface area contributed by atoms with Crippen LogP contribution in [0.2, 0.25) is 0 Å². The van der Waals surface area contributed by atoms with Gasteiger partial charge in [-0.25, -0.2) is 0 Å². The van der Waals surface area contributed by atoms with Gasteiger partial charge in [0.1, 0.15) is 0 Å². The van der Waals surface area contributed by atoms with Crippen molar-refractivity contribution in [2.75, 3.05) is 0 Å². The van der Waals surface area contributed by atoms with Gasteiger partial charge < -0.3 is 5.11 Å². The molecule has 0 aromatic carbocycles. The summed E-state index contributed by atoms with van der Waals surface area (Å²) in [5, 5.41) is 10.0. The second-order valence-electron chi connectivity index (χ2n) is 4.41. The van der Waals surface area contributed by atoms with Crippen LogP contribution in [0, 0.1) is 17.8 Å². The molecule has 74 valence electrons. The molecule has 2 atom stereocenters. The SMILES string of the molecule is CC(C)[C@H](C)[C@](C)(O)C(C)C.[W]. The molecule has 0 aliphatic heterocycles. The molecule has 1 N–H and O–H groups in total. The summed E-state index contributed by atoms with van der Waals surface area (Å²) in [5.41, 5.74) is -0.520. The van der Waals surface area contributed by atoms with Crippen molar-refractivity contribution in [3.8, 4) is 0 Å². The molecule has 12 heavy (non-hydrogen) atoms. The van der Waals surface area contributed by atoms with Crippen molar-refractivity contribution in [2.24, 2.45) is 17.8 Å². The van der Waals surface area contributed by atoms with Crippen LogP contribution in [-0.4, -0.2) is 10.7 Å². The average molecular weight is 342 g/mol. The fourth-order valence-electron chi connectivity index (χ4n) is 1.20. The molecule has 0 aliphatic carbocycles. The van der Waals surface area contributed by atoms with E-state index >= 15 is 0 Å². The van der Waals surface area contributed by atoms with Crippen LogP contribution >= 0.6 is 0 Å². The van der Waals surface area contributed by atoms with E-state index in [9.17, 15) is 5.11 Å². The summed E-state index contributed by atoms with van der Waals surface area (Å²) >= 11 is 0. The first-order valence-electron chi connectivity index (χ1n) is 4.52. The number of hydrogen-bond donors (Lipinski definition) is 1. The second kappa shape index (κ2) is 5.39. The first kappa shape index (κ1) is 15.1. The first-order valence-corrected chi connectivity index (χ1v) is 4.52. The normalized spacial score (nSPS) is 18.8. The van der Waals surface area contributed by atoms with E-state index in [2.05, 4.69) is 34.6 Å². The van der Waals surface area contributed by atoms with Gasteiger partial charge in [0, 0.05) is 21.1 Å². The van der Waals surface area contributed by atoms with Crippen molar-refractivity contribution >= 4 is 0 Å². The smallest absolute Gasteiger partial charge is 0.0670 e. The van der Waals surface area contributed by atoms with Crippen molar-refractivity contribution in [1.29, 1.82) is 0 Å². The molecule has 0 heterocycles. The molecule has 0 bridgehead atoms. The minimum absolute atomic E-state index is 0. The van der Waals surface area contributed by atoms with Gasteiger partial charge >= 0.3 is 0 Å². The summed E-state index contributed by atoms with van der Waals surface area (Å²) in [6.07, 6.45) is 0. The van der Waals surface area contributed by atoms with Crippen molar-refractivity contribution in [1.82, 2.24) is 0 Å². The summed E-state index contributed by atoms with van der Waals surface area (Å²) in [5.74, 6) is 1.25. The van der Waals surface area contributed by atoms with Gasteiger partial charge in [0.2, 0.25) is 0 Å². The third-order valence-electron chi connectivity index (χ3n) is 3.09. The van der Waals surface area contributed by atoms with Crippen LogP contribution in [-0.2, 0) is 21.1 Å². The van der Waals surface area contributed by atoms with Gasteiger partial charge in [0.15, 0.2) is 0 Å². The molecule has 1 nitrogen and oxygen atoms in total. The van der Waals surface area contributed by atoms with Crippen LogP contribution in [0.5, 0.6) is 0 Å². The molecule has 0 amide bonds. The van der Waals surface area contributed by atoms with Gasteiger partial charge in [-0.1, -0.05) is 34.6 Å². The van der Waals surface area contributed by atoms with E-state index in [1.807, 2.05) is 6.92 Å². The van der Waals surface area contributed by atoms with E-state index in [4.69, 9.17) is 0 Å². The molecule has 0 rings (SSSR count). The molecule has 0 spiro atoms. The Labute approximate surface area is 91.2 Å². The van der Waals surface area contributed by atoms with E-state index in [1.165, 1.54) is 0 Å². The van der Waals surface area contributed by atoms with Crippen LogP contribution in [0.4, 0.5) is 0 Å². The zero-order valence-electron chi connectivity index (χ0n) is 9.09. The standard InChI is InChI=1S/C10H22O.W/c1-7(2)9(5)10(6,11)8(3)4;/h7-9,11H,1-6H3;/t9-,10+;/m0./s1. The fraction of sp³-hybridized carbons (Fsp3) is 1.00. The zero-order valence-corrected chi connectivity index (χ0v) is 12.0. The van der Waals surface area contributed by atoms with Gasteiger partial charge in [-0.05, 0) is 24.7 Å². The molecular weight excluding hydrogens is 320 g/mol. The minimum atomic E-state index is -0.520. The van der Waals surface area contributed by atoms with Crippen LogP contribution in [0.3, 0.4) is 0 Å². The Kier molecular flexibility index (Phi) is 6.80. The molecule has 0 fully saturated rings. The fourth-order valence-corrected chi connectivity index (χ4v) is 1.20. The minimum Gasteiger partial charge on any atom is -0.390 e. The number of rotatable bonds is 3. The molecule has 0 radical (unpaired) electrons. The van der Waals surface area contributed by atoms with E-state index in [1.54, 1.807) is 0 Å². The van der Waals surface area contributed by atoms with Gasteiger partial charge in [-0.15, -0.1) is 0 Å². The zero-order chi connectivity index (χ0) is 9.23. The van der Waals surface area contributed by atoms with Crippen LogP contribution in [0.25, 0.3) is 0 Å². The Morgan fingerprint density at radius 1 is 1.00 bits per heavy atom. The van der Waals surface area contributed by atoms with Crippen LogP contribution < -0.4 is 0 Å². The second-order valence-corrected chi connectivity index (χ2v) is 4.41. The average Bonchev–Trinajstić information content (AvgIpc) is 1.85. The molecule has 0 saturated carbocycles. The third-order valence-corrected chi connectivity index (χ3v) is 3.09. The summed E-state index contributed by atoms with van der Waals surface area (Å²) in [6, 6.07) is 0. The third kappa shape index (κ3) is 3.58. The first-order chi connectivity index (χ1) is 4.80. The predicted molar refractivity (Wildman–Crippen MR) is 49.5 cm³/mol. The van der Waals surface area contributed by atoms with E-state index in [0.717, 1.165) is 0 Å². The van der Waals surface area contributed by atoms with Crippen LogP contribution in [0.15, 0.2) is 0 Å². The molecule has 0 aromatic rings. The quantitative estimate of drug-likeness (QED) is 0.836. The van der Waals surface area contributed by atoms with E-state index in [0.29, 0.717) is 17.8 Å². The maximum atomic E-state index is 10.0. The monoisotopic (exact) mass is 342 g/mol. The van der Waals surface area contributed by atoms with E-state index in [-0.39, 0.29) is 21.1 Å². The number of hydrogen-bond acceptors (Lipinski definition) is 1. The molecule has 2 heteroatoms. The van der Waals surface area contributed by atoms with Gasteiger partial charge in [0.25, 0.3) is 0 Å².